The van der Waals surface area contributed by atoms with Crippen molar-refractivity contribution in [3.63, 3.8) is 0 Å². The molecule has 0 radical (unpaired) electrons. The number of ether oxygens (including phenoxy) is 1. The van der Waals surface area contributed by atoms with Gasteiger partial charge in [-0.3, -0.25) is 4.79 Å². The molecule has 2 aliphatic heterocycles. The number of nitrogens with zero attached hydrogens (tertiary/aromatic N) is 1. The van der Waals surface area contributed by atoms with E-state index in [0.29, 0.717) is 18.9 Å². The number of hydrogen-bond acceptors (Lipinski definition) is 5. The molecule has 0 aromatic rings. The maximum absolute atomic E-state index is 12.4. The molecule has 0 aliphatic carbocycles. The molecular formula is C12H19NO3S2. The number of hydrogen-bond donors (Lipinski definition) is 0. The van der Waals surface area contributed by atoms with Gasteiger partial charge in [0.15, 0.2) is 0 Å². The predicted octanol–water partition coefficient (Wildman–Crippen LogP) is 1.39. The molecule has 0 spiro atoms. The van der Waals surface area contributed by atoms with Crippen LogP contribution in [0.25, 0.3) is 0 Å². The minimum atomic E-state index is -0.377. The highest BCUT2D eigenvalue weighted by Crippen LogP contribution is 2.30. The third-order valence-corrected chi connectivity index (χ3v) is 5.56. The standard InChI is InChI=1S/C12H19NO3S2/c1-2-16-12(15)9-8-17-7-5-13(9)11(14)10-4-3-6-18-10/h9-10H,2-8H2,1H3. The van der Waals surface area contributed by atoms with Crippen molar-refractivity contribution in [2.75, 3.05) is 30.4 Å². The van der Waals surface area contributed by atoms with Crippen LogP contribution in [0.1, 0.15) is 19.8 Å². The molecule has 0 bridgehead atoms. The van der Waals surface area contributed by atoms with Crippen LogP contribution in [0.5, 0.6) is 0 Å². The van der Waals surface area contributed by atoms with Gasteiger partial charge in [-0.25, -0.2) is 4.79 Å². The van der Waals surface area contributed by atoms with Gasteiger partial charge in [-0.1, -0.05) is 0 Å². The van der Waals surface area contributed by atoms with Crippen molar-refractivity contribution >= 4 is 35.4 Å². The molecule has 0 saturated carbocycles. The fourth-order valence-electron chi connectivity index (χ4n) is 2.26. The van der Waals surface area contributed by atoms with Gasteiger partial charge in [-0.05, 0) is 25.5 Å². The van der Waals surface area contributed by atoms with Crippen LogP contribution in [0.3, 0.4) is 0 Å². The Morgan fingerprint density at radius 3 is 2.89 bits per heavy atom. The van der Waals surface area contributed by atoms with Crippen molar-refractivity contribution < 1.29 is 14.3 Å². The van der Waals surface area contributed by atoms with Crippen LogP contribution in [0.4, 0.5) is 0 Å². The summed E-state index contributed by atoms with van der Waals surface area (Å²) in [5, 5.41) is 0.0602. The zero-order chi connectivity index (χ0) is 13.0. The van der Waals surface area contributed by atoms with Crippen molar-refractivity contribution in [1.29, 1.82) is 0 Å². The first kappa shape index (κ1) is 14.1. The van der Waals surface area contributed by atoms with Gasteiger partial charge < -0.3 is 9.64 Å². The second kappa shape index (κ2) is 6.70. The lowest BCUT2D eigenvalue weighted by molar-refractivity contribution is -0.153. The predicted molar refractivity (Wildman–Crippen MR) is 74.9 cm³/mol. The highest BCUT2D eigenvalue weighted by molar-refractivity contribution is 8.00. The summed E-state index contributed by atoms with van der Waals surface area (Å²) in [7, 11) is 0. The van der Waals surface area contributed by atoms with E-state index in [1.165, 1.54) is 0 Å². The largest absolute Gasteiger partial charge is 0.464 e. The lowest BCUT2D eigenvalue weighted by Gasteiger charge is -2.35. The van der Waals surface area contributed by atoms with Gasteiger partial charge in [-0.2, -0.15) is 11.8 Å². The smallest absolute Gasteiger partial charge is 0.329 e. The van der Waals surface area contributed by atoms with Crippen LogP contribution < -0.4 is 0 Å². The third kappa shape index (κ3) is 3.15. The summed E-state index contributed by atoms with van der Waals surface area (Å²) in [6, 6.07) is -0.377. The fourth-order valence-corrected chi connectivity index (χ4v) is 4.52. The fraction of sp³-hybridized carbons (Fsp3) is 0.833. The van der Waals surface area contributed by atoms with Gasteiger partial charge in [0.05, 0.1) is 11.9 Å². The molecular weight excluding hydrogens is 270 g/mol. The van der Waals surface area contributed by atoms with E-state index < -0.39 is 0 Å². The average Bonchev–Trinajstić information content (AvgIpc) is 2.92. The summed E-state index contributed by atoms with van der Waals surface area (Å²) in [5.74, 6) is 2.53. The van der Waals surface area contributed by atoms with Gasteiger partial charge in [0.25, 0.3) is 0 Å². The van der Waals surface area contributed by atoms with E-state index in [2.05, 4.69) is 0 Å². The Kier molecular flexibility index (Phi) is 5.24. The van der Waals surface area contributed by atoms with Crippen LogP contribution in [0, 0.1) is 0 Å². The first-order chi connectivity index (χ1) is 8.74. The molecule has 4 nitrogen and oxygen atoms in total. The van der Waals surface area contributed by atoms with E-state index in [9.17, 15) is 9.59 Å². The first-order valence-corrected chi connectivity index (χ1v) is 8.61. The molecule has 0 N–H and O–H groups in total. The zero-order valence-electron chi connectivity index (χ0n) is 10.6. The molecule has 2 atom stereocenters. The van der Waals surface area contributed by atoms with Crippen molar-refractivity contribution in [2.45, 2.75) is 31.1 Å². The normalized spacial score (nSPS) is 28.2. The average molecular weight is 289 g/mol. The monoisotopic (exact) mass is 289 g/mol. The van der Waals surface area contributed by atoms with E-state index >= 15 is 0 Å². The third-order valence-electron chi connectivity index (χ3n) is 3.18. The topological polar surface area (TPSA) is 46.6 Å². The second-order valence-corrected chi connectivity index (χ2v) is 6.84. The Morgan fingerprint density at radius 2 is 2.22 bits per heavy atom. The molecule has 1 amide bonds. The first-order valence-electron chi connectivity index (χ1n) is 6.40. The molecule has 2 heterocycles. The SMILES string of the molecule is CCOC(=O)C1CSCCN1C(=O)C1CCCS1. The number of esters is 1. The Balaban J connectivity index is 2.02. The van der Waals surface area contributed by atoms with Crippen molar-refractivity contribution in [3.05, 3.63) is 0 Å². The zero-order valence-corrected chi connectivity index (χ0v) is 12.2. The van der Waals surface area contributed by atoms with Gasteiger partial charge >= 0.3 is 5.97 Å². The van der Waals surface area contributed by atoms with E-state index in [1.54, 1.807) is 35.3 Å². The number of rotatable bonds is 3. The van der Waals surface area contributed by atoms with Crippen molar-refractivity contribution in [1.82, 2.24) is 4.90 Å². The van der Waals surface area contributed by atoms with Crippen LogP contribution in [-0.4, -0.2) is 58.5 Å². The molecule has 0 aromatic heterocycles. The van der Waals surface area contributed by atoms with Gasteiger partial charge in [-0.15, -0.1) is 11.8 Å². The van der Waals surface area contributed by atoms with Crippen LogP contribution in [-0.2, 0) is 14.3 Å². The van der Waals surface area contributed by atoms with E-state index in [4.69, 9.17) is 4.74 Å². The molecule has 2 saturated heterocycles. The number of amides is 1. The molecule has 0 aromatic carbocycles. The van der Waals surface area contributed by atoms with Crippen LogP contribution in [0.15, 0.2) is 0 Å². The van der Waals surface area contributed by atoms with Gasteiger partial charge in [0.2, 0.25) is 5.91 Å². The Labute approximate surface area is 116 Å². The summed E-state index contributed by atoms with van der Waals surface area (Å²) in [4.78, 5) is 26.0. The molecule has 2 aliphatic rings. The van der Waals surface area contributed by atoms with Crippen LogP contribution in [0.2, 0.25) is 0 Å². The maximum atomic E-state index is 12.4. The summed E-state index contributed by atoms with van der Waals surface area (Å²) >= 11 is 3.44. The molecule has 2 rings (SSSR count). The summed E-state index contributed by atoms with van der Waals surface area (Å²) in [6.45, 7) is 2.84. The number of carbonyl (C=O) groups is 2. The lowest BCUT2D eigenvalue weighted by Crippen LogP contribution is -2.53. The molecule has 18 heavy (non-hydrogen) atoms. The van der Waals surface area contributed by atoms with Gasteiger partial charge in [0.1, 0.15) is 6.04 Å². The molecule has 6 heteroatoms. The van der Waals surface area contributed by atoms with Crippen LogP contribution >= 0.6 is 23.5 Å². The Bertz CT molecular complexity index is 318. The maximum Gasteiger partial charge on any atom is 0.329 e. The lowest BCUT2D eigenvalue weighted by atomic mass is 10.2. The number of carbonyl (C=O) groups excluding carboxylic acids is 2. The summed E-state index contributed by atoms with van der Waals surface area (Å²) in [6.07, 6.45) is 2.05. The second-order valence-electron chi connectivity index (χ2n) is 4.38. The molecule has 2 unspecified atom stereocenters. The Morgan fingerprint density at radius 1 is 1.39 bits per heavy atom. The van der Waals surface area contributed by atoms with E-state index in [-0.39, 0.29) is 23.2 Å². The molecule has 2 fully saturated rings. The quantitative estimate of drug-likeness (QED) is 0.735. The Hall–Kier alpha value is -0.360. The highest BCUT2D eigenvalue weighted by Gasteiger charge is 2.37. The highest BCUT2D eigenvalue weighted by atomic mass is 32.2. The number of thioether (sulfide) groups is 2. The molecule has 102 valence electrons. The minimum absolute atomic E-state index is 0.0602. The minimum Gasteiger partial charge on any atom is -0.464 e. The van der Waals surface area contributed by atoms with Crippen molar-refractivity contribution in [2.24, 2.45) is 0 Å². The van der Waals surface area contributed by atoms with Gasteiger partial charge in [0, 0.05) is 18.1 Å². The van der Waals surface area contributed by atoms with E-state index in [1.807, 2.05) is 0 Å². The summed E-state index contributed by atoms with van der Waals surface area (Å²) < 4.78 is 5.07. The van der Waals surface area contributed by atoms with Crippen molar-refractivity contribution in [3.8, 4) is 0 Å². The summed E-state index contributed by atoms with van der Waals surface area (Å²) in [5.41, 5.74) is 0. The van der Waals surface area contributed by atoms with E-state index in [0.717, 1.165) is 24.3 Å².